The summed E-state index contributed by atoms with van der Waals surface area (Å²) >= 11 is 0. The molecule has 36 heavy (non-hydrogen) atoms. The summed E-state index contributed by atoms with van der Waals surface area (Å²) in [5.74, 6) is 1.51. The lowest BCUT2D eigenvalue weighted by Gasteiger charge is -2.64. The van der Waals surface area contributed by atoms with Crippen LogP contribution in [0.4, 0.5) is 5.69 Å². The number of piperazine rings is 1. The lowest BCUT2D eigenvalue weighted by atomic mass is 9.56. The molecule has 190 valence electrons. The summed E-state index contributed by atoms with van der Waals surface area (Å²) in [4.78, 5) is 32.7. The van der Waals surface area contributed by atoms with E-state index in [1.165, 1.54) is 0 Å². The number of nitrogens with zero attached hydrogens (tertiary/aromatic N) is 2. The van der Waals surface area contributed by atoms with Crippen LogP contribution in [0.3, 0.4) is 0 Å². The highest BCUT2D eigenvalue weighted by Crippen LogP contribution is 2.74. The lowest BCUT2D eigenvalue weighted by molar-refractivity contribution is -0.191. The number of rotatable bonds is 0. The van der Waals surface area contributed by atoms with E-state index in [1.54, 1.807) is 6.26 Å². The maximum absolute atomic E-state index is 14.2. The van der Waals surface area contributed by atoms with Crippen LogP contribution in [0.5, 0.6) is 11.5 Å². The van der Waals surface area contributed by atoms with Crippen LogP contribution in [-0.2, 0) is 19.7 Å². The number of carbonyl (C=O) groups is 2. The molecule has 1 N–H and O–H groups in total. The monoisotopic (exact) mass is 491 g/mol. The van der Waals surface area contributed by atoms with E-state index in [2.05, 4.69) is 24.1 Å². The minimum absolute atomic E-state index is 0.00453. The van der Waals surface area contributed by atoms with Crippen LogP contribution < -0.4 is 14.8 Å². The van der Waals surface area contributed by atoms with Crippen molar-refractivity contribution >= 4 is 17.5 Å². The molecule has 0 unspecified atom stereocenters. The number of anilines is 1. The summed E-state index contributed by atoms with van der Waals surface area (Å²) in [7, 11) is 1.96. The van der Waals surface area contributed by atoms with Gasteiger partial charge in [0.05, 0.1) is 29.5 Å². The van der Waals surface area contributed by atoms with Crippen LogP contribution >= 0.6 is 0 Å². The third kappa shape index (κ3) is 1.97. The van der Waals surface area contributed by atoms with Gasteiger partial charge in [-0.05, 0) is 62.1 Å². The molecule has 1 aliphatic carbocycles. The first-order valence-corrected chi connectivity index (χ1v) is 13.1. The lowest BCUT2D eigenvalue weighted by Crippen LogP contribution is -2.81. The van der Waals surface area contributed by atoms with Gasteiger partial charge in [-0.3, -0.25) is 14.5 Å². The van der Waals surface area contributed by atoms with Crippen molar-refractivity contribution in [2.45, 2.75) is 74.7 Å². The number of nitrogens with one attached hydrogen (secondary N) is 1. The van der Waals surface area contributed by atoms with Gasteiger partial charge in [-0.25, -0.2) is 0 Å². The zero-order valence-corrected chi connectivity index (χ0v) is 21.6. The fraction of sp³-hybridized carbons (Fsp3) is 0.643. The number of amides is 2. The smallest absolute Gasteiger partial charge is 0.246 e. The Morgan fingerprint density at radius 2 is 1.92 bits per heavy atom. The number of ether oxygens (including phenoxy) is 3. The Hall–Kier alpha value is -2.58. The Kier molecular flexibility index (Phi) is 3.45. The van der Waals surface area contributed by atoms with Gasteiger partial charge >= 0.3 is 0 Å². The van der Waals surface area contributed by atoms with Gasteiger partial charge in [-0.15, -0.1) is 0 Å². The summed E-state index contributed by atoms with van der Waals surface area (Å²) < 4.78 is 18.3. The van der Waals surface area contributed by atoms with Gasteiger partial charge < -0.3 is 24.4 Å². The molecule has 7 aliphatic heterocycles. The molecular formula is C28H33N3O5. The number of hydrogen-bond acceptors (Lipinski definition) is 6. The molecule has 7 heterocycles. The third-order valence-electron chi connectivity index (χ3n) is 11.3. The minimum atomic E-state index is -0.783. The molecule has 5 saturated heterocycles. The summed E-state index contributed by atoms with van der Waals surface area (Å²) in [5, 5.41) is 3.22. The SMILES string of the molecule is CN1C(=O)[C@@]23C[C@@H]4C(C)(C)[C@@]5(C[C@]41CN2CC[C@]31CO1)C(=O)Nc1c5ccc2c1OC=CC(C)(C)O2. The number of fused-ring (bicyclic) bond motifs is 5. The van der Waals surface area contributed by atoms with Gasteiger partial charge in [0.25, 0.3) is 0 Å². The predicted molar refractivity (Wildman–Crippen MR) is 131 cm³/mol. The molecule has 5 atom stereocenters. The largest absolute Gasteiger partial charge is 0.480 e. The zero-order chi connectivity index (χ0) is 25.1. The van der Waals surface area contributed by atoms with Gasteiger partial charge in [-0.2, -0.15) is 0 Å². The van der Waals surface area contributed by atoms with E-state index in [0.717, 1.165) is 31.5 Å². The van der Waals surface area contributed by atoms with Crippen molar-refractivity contribution in [1.82, 2.24) is 9.80 Å². The molecule has 1 aromatic rings. The van der Waals surface area contributed by atoms with Crippen LogP contribution in [-0.4, -0.2) is 70.6 Å². The van der Waals surface area contributed by atoms with Crippen LogP contribution in [0.15, 0.2) is 24.5 Å². The topological polar surface area (TPSA) is 83.6 Å². The van der Waals surface area contributed by atoms with Crippen molar-refractivity contribution in [3.63, 3.8) is 0 Å². The van der Waals surface area contributed by atoms with Crippen LogP contribution in [0.2, 0.25) is 0 Å². The maximum atomic E-state index is 14.2. The highest BCUT2D eigenvalue weighted by atomic mass is 16.6. The second-order valence-electron chi connectivity index (χ2n) is 13.2. The Labute approximate surface area is 210 Å². The highest BCUT2D eigenvalue weighted by molar-refractivity contribution is 6.09. The Morgan fingerprint density at radius 3 is 2.67 bits per heavy atom. The molecule has 8 aliphatic rings. The molecule has 2 bridgehead atoms. The molecule has 8 heteroatoms. The fourth-order valence-electron chi connectivity index (χ4n) is 9.35. The summed E-state index contributed by atoms with van der Waals surface area (Å²) in [5.41, 5.74) is -1.41. The molecule has 9 rings (SSSR count). The second-order valence-corrected chi connectivity index (χ2v) is 13.2. The fourth-order valence-corrected chi connectivity index (χ4v) is 9.35. The molecule has 0 aromatic heterocycles. The summed E-state index contributed by atoms with van der Waals surface area (Å²) in [6.45, 7) is 10.8. The second kappa shape index (κ2) is 5.78. The maximum Gasteiger partial charge on any atom is 0.246 e. The van der Waals surface area contributed by atoms with Crippen molar-refractivity contribution in [2.24, 2.45) is 11.3 Å². The van der Waals surface area contributed by atoms with Crippen molar-refractivity contribution in [3.05, 3.63) is 30.0 Å². The molecule has 1 aromatic carbocycles. The number of likely N-dealkylation sites (N-methyl/N-ethyl adjacent to an activating group) is 1. The number of piperidine rings is 2. The molecule has 1 saturated carbocycles. The normalized spacial score (nSPS) is 44.0. The Morgan fingerprint density at radius 1 is 1.14 bits per heavy atom. The standard InChI is InChI=1S/C28H33N3O5/c1-23(2)9-11-34-20-17(36-23)7-6-16-19(20)29-21(32)27(16)13-25-14-31-10-8-26(15-35-26)28(31,22(33)30(25)5)12-18(25)24(27,3)4/h6-7,9,11,18H,8,10,12-15H2,1-5H3,(H,29,32)/t18-,25+,26+,27-,28-/m1/s1. The average Bonchev–Trinajstić information content (AvgIpc) is 3.45. The van der Waals surface area contributed by atoms with E-state index >= 15 is 0 Å². The first kappa shape index (κ1) is 21.5. The number of hydrogen-bond donors (Lipinski definition) is 1. The van der Waals surface area contributed by atoms with E-state index in [0.29, 0.717) is 30.2 Å². The van der Waals surface area contributed by atoms with E-state index in [4.69, 9.17) is 14.2 Å². The van der Waals surface area contributed by atoms with E-state index in [-0.39, 0.29) is 23.3 Å². The van der Waals surface area contributed by atoms with Gasteiger partial charge in [0.1, 0.15) is 16.7 Å². The molecular weight excluding hydrogens is 458 g/mol. The van der Waals surface area contributed by atoms with Gasteiger partial charge in [0.2, 0.25) is 11.8 Å². The number of carbonyl (C=O) groups excluding carboxylic acids is 2. The highest BCUT2D eigenvalue weighted by Gasteiger charge is 2.85. The van der Waals surface area contributed by atoms with E-state index in [9.17, 15) is 9.59 Å². The zero-order valence-electron chi connectivity index (χ0n) is 21.6. The Balaban J connectivity index is 1.31. The molecule has 8 nitrogen and oxygen atoms in total. The quantitative estimate of drug-likeness (QED) is 0.562. The summed E-state index contributed by atoms with van der Waals surface area (Å²) in [6.07, 6.45) is 5.78. The summed E-state index contributed by atoms with van der Waals surface area (Å²) in [6, 6.07) is 3.99. The molecule has 4 spiro atoms. The predicted octanol–water partition coefficient (Wildman–Crippen LogP) is 2.81. The number of benzene rings is 1. The van der Waals surface area contributed by atoms with Gasteiger partial charge in [-0.1, -0.05) is 19.9 Å². The Bertz CT molecular complexity index is 1310. The first-order chi connectivity index (χ1) is 16.9. The average molecular weight is 492 g/mol. The van der Waals surface area contributed by atoms with Crippen molar-refractivity contribution < 1.29 is 23.8 Å². The van der Waals surface area contributed by atoms with Crippen LogP contribution in [0.25, 0.3) is 0 Å². The van der Waals surface area contributed by atoms with Crippen molar-refractivity contribution in [3.8, 4) is 11.5 Å². The van der Waals surface area contributed by atoms with Gasteiger partial charge in [0.15, 0.2) is 11.5 Å². The third-order valence-corrected chi connectivity index (χ3v) is 11.3. The molecule has 0 radical (unpaired) electrons. The van der Waals surface area contributed by atoms with Crippen molar-refractivity contribution in [2.75, 3.05) is 32.1 Å². The first-order valence-electron chi connectivity index (χ1n) is 13.1. The molecule has 6 fully saturated rings. The van der Waals surface area contributed by atoms with Gasteiger partial charge in [0, 0.05) is 20.1 Å². The van der Waals surface area contributed by atoms with Crippen LogP contribution in [0.1, 0.15) is 52.5 Å². The number of epoxide rings is 1. The van der Waals surface area contributed by atoms with Crippen molar-refractivity contribution in [1.29, 1.82) is 0 Å². The molecule has 2 amide bonds. The van der Waals surface area contributed by atoms with E-state index in [1.807, 2.05) is 44.0 Å². The van der Waals surface area contributed by atoms with Crippen LogP contribution in [0, 0.1) is 11.3 Å². The van der Waals surface area contributed by atoms with E-state index < -0.39 is 27.5 Å². The minimum Gasteiger partial charge on any atom is -0.480 e.